The Morgan fingerprint density at radius 1 is 1.09 bits per heavy atom. The molecular weight excluding hydrogens is 426 g/mol. The number of sulfonamides is 1. The van der Waals surface area contributed by atoms with Crippen LogP contribution in [0.5, 0.6) is 0 Å². The molecule has 0 unspecified atom stereocenters. The summed E-state index contributed by atoms with van der Waals surface area (Å²) in [6.07, 6.45) is 8.21. The smallest absolute Gasteiger partial charge is 0.253 e. The summed E-state index contributed by atoms with van der Waals surface area (Å²) in [4.78, 5) is 17.0. The molecular formula is C23H27N5O3S. The van der Waals surface area contributed by atoms with Crippen molar-refractivity contribution in [1.82, 2.24) is 24.3 Å². The lowest BCUT2D eigenvalue weighted by atomic mass is 9.78. The molecule has 1 aromatic carbocycles. The third kappa shape index (κ3) is 4.03. The molecule has 4 heterocycles. The molecule has 1 spiro atoms. The lowest BCUT2D eigenvalue weighted by molar-refractivity contribution is 0.0950. The number of aromatic nitrogens is 2. The highest BCUT2D eigenvalue weighted by Gasteiger charge is 2.43. The lowest BCUT2D eigenvalue weighted by Gasteiger charge is -2.33. The van der Waals surface area contributed by atoms with Gasteiger partial charge in [-0.1, -0.05) is 12.1 Å². The van der Waals surface area contributed by atoms with Crippen LogP contribution in [0.15, 0.2) is 59.9 Å². The van der Waals surface area contributed by atoms with Crippen molar-refractivity contribution in [3.05, 3.63) is 66.1 Å². The number of imidazole rings is 1. The van der Waals surface area contributed by atoms with Crippen molar-refractivity contribution in [3.8, 4) is 0 Å². The van der Waals surface area contributed by atoms with Crippen molar-refractivity contribution < 1.29 is 13.2 Å². The van der Waals surface area contributed by atoms with E-state index in [2.05, 4.69) is 15.6 Å². The van der Waals surface area contributed by atoms with E-state index in [9.17, 15) is 13.2 Å². The van der Waals surface area contributed by atoms with Gasteiger partial charge in [-0.2, -0.15) is 4.31 Å². The second-order valence-corrected chi connectivity index (χ2v) is 10.7. The van der Waals surface area contributed by atoms with Crippen LogP contribution >= 0.6 is 0 Å². The Balaban J connectivity index is 1.22. The molecule has 0 bridgehead atoms. The van der Waals surface area contributed by atoms with E-state index in [1.54, 1.807) is 63.7 Å². The van der Waals surface area contributed by atoms with Gasteiger partial charge < -0.3 is 15.0 Å². The number of carbonyl (C=O) groups excluding carboxylic acids is 1. The second-order valence-electron chi connectivity index (χ2n) is 8.78. The quantitative estimate of drug-likeness (QED) is 0.616. The van der Waals surface area contributed by atoms with Gasteiger partial charge in [0.15, 0.2) is 0 Å². The molecule has 3 aromatic rings. The van der Waals surface area contributed by atoms with E-state index in [-0.39, 0.29) is 11.3 Å². The number of rotatable bonds is 5. The Morgan fingerprint density at radius 3 is 2.66 bits per heavy atom. The van der Waals surface area contributed by atoms with Crippen molar-refractivity contribution in [2.24, 2.45) is 5.41 Å². The van der Waals surface area contributed by atoms with E-state index < -0.39 is 10.0 Å². The Kier molecular flexibility index (Phi) is 5.48. The molecule has 2 aromatic heterocycles. The highest BCUT2D eigenvalue weighted by atomic mass is 32.2. The minimum atomic E-state index is -3.50. The molecule has 32 heavy (non-hydrogen) atoms. The molecule has 0 aliphatic carbocycles. The van der Waals surface area contributed by atoms with E-state index in [1.165, 1.54) is 0 Å². The number of nitrogens with zero attached hydrogens (tertiary/aromatic N) is 3. The van der Waals surface area contributed by atoms with Crippen LogP contribution in [0.4, 0.5) is 0 Å². The van der Waals surface area contributed by atoms with Gasteiger partial charge in [0.25, 0.3) is 5.91 Å². The molecule has 9 heteroatoms. The van der Waals surface area contributed by atoms with Crippen LogP contribution in [-0.4, -0.2) is 54.2 Å². The summed E-state index contributed by atoms with van der Waals surface area (Å²) in [6, 6.07) is 10.3. The number of benzene rings is 1. The standard InChI is InChI=1S/C23H27N5O3S/c29-22(19-3-6-21-25-12-14-27(21)16-19)26-15-18-1-4-20(5-2-18)32(30,31)28-13-9-23(17-28)7-10-24-11-8-23/h1-6,12,14,16,24H,7-11,13,15,17H2,(H,26,29). The fourth-order valence-corrected chi connectivity index (χ4v) is 6.29. The van der Waals surface area contributed by atoms with Crippen LogP contribution in [0, 0.1) is 5.41 Å². The number of pyridine rings is 1. The highest BCUT2D eigenvalue weighted by Crippen LogP contribution is 2.40. The van der Waals surface area contributed by atoms with Gasteiger partial charge in [0.1, 0.15) is 5.65 Å². The van der Waals surface area contributed by atoms with Crippen LogP contribution in [0.3, 0.4) is 0 Å². The van der Waals surface area contributed by atoms with E-state index in [4.69, 9.17) is 0 Å². The number of piperidine rings is 1. The molecule has 168 valence electrons. The zero-order valence-electron chi connectivity index (χ0n) is 17.8. The van der Waals surface area contributed by atoms with Gasteiger partial charge in [0.05, 0.1) is 10.5 Å². The first kappa shape index (κ1) is 21.1. The number of amides is 1. The lowest BCUT2D eigenvalue weighted by Crippen LogP contribution is -2.39. The summed E-state index contributed by atoms with van der Waals surface area (Å²) in [6.45, 7) is 3.44. The molecule has 2 aliphatic heterocycles. The molecule has 1 amide bonds. The maximum atomic E-state index is 13.1. The molecule has 2 N–H and O–H groups in total. The fraction of sp³-hybridized carbons (Fsp3) is 0.391. The number of fused-ring (bicyclic) bond motifs is 1. The molecule has 0 radical (unpaired) electrons. The van der Waals surface area contributed by atoms with Gasteiger partial charge in [-0.05, 0) is 67.6 Å². The number of nitrogens with one attached hydrogen (secondary N) is 2. The van der Waals surface area contributed by atoms with Crippen molar-refractivity contribution in [1.29, 1.82) is 0 Å². The average Bonchev–Trinajstić information content (AvgIpc) is 3.45. The van der Waals surface area contributed by atoms with Gasteiger partial charge in [0, 0.05) is 38.2 Å². The van der Waals surface area contributed by atoms with Crippen LogP contribution < -0.4 is 10.6 Å². The number of carbonyl (C=O) groups is 1. The van der Waals surface area contributed by atoms with Crippen LogP contribution in [-0.2, 0) is 16.6 Å². The van der Waals surface area contributed by atoms with Gasteiger partial charge in [-0.3, -0.25) is 4.79 Å². The summed E-state index contributed by atoms with van der Waals surface area (Å²) in [5, 5.41) is 6.25. The first-order valence-corrected chi connectivity index (χ1v) is 12.4. The third-order valence-corrected chi connectivity index (χ3v) is 8.59. The topological polar surface area (TPSA) is 95.8 Å². The van der Waals surface area contributed by atoms with Gasteiger partial charge in [-0.15, -0.1) is 0 Å². The minimum absolute atomic E-state index is 0.127. The molecule has 0 saturated carbocycles. The normalized spacial score (nSPS) is 18.9. The van der Waals surface area contributed by atoms with Crippen molar-refractivity contribution in [2.45, 2.75) is 30.7 Å². The summed E-state index contributed by atoms with van der Waals surface area (Å²) in [5.41, 5.74) is 2.29. The molecule has 5 rings (SSSR count). The molecule has 8 nitrogen and oxygen atoms in total. The van der Waals surface area contributed by atoms with Crippen LogP contribution in [0.25, 0.3) is 5.65 Å². The average molecular weight is 454 g/mol. The zero-order valence-corrected chi connectivity index (χ0v) is 18.6. The number of hydrogen-bond donors (Lipinski definition) is 2. The van der Waals surface area contributed by atoms with E-state index in [0.717, 1.165) is 43.6 Å². The van der Waals surface area contributed by atoms with E-state index >= 15 is 0 Å². The molecule has 2 aliphatic rings. The van der Waals surface area contributed by atoms with Gasteiger partial charge >= 0.3 is 0 Å². The SMILES string of the molecule is O=C(NCc1ccc(S(=O)(=O)N2CCC3(CCNCC3)C2)cc1)c1ccc2nccn2c1. The summed E-state index contributed by atoms with van der Waals surface area (Å²) in [7, 11) is -3.50. The Bertz CT molecular complexity index is 1230. The third-order valence-electron chi connectivity index (χ3n) is 6.73. The minimum Gasteiger partial charge on any atom is -0.348 e. The second kappa shape index (κ2) is 8.31. The largest absolute Gasteiger partial charge is 0.348 e. The zero-order chi connectivity index (χ0) is 22.2. The monoisotopic (exact) mass is 453 g/mol. The van der Waals surface area contributed by atoms with E-state index in [1.807, 2.05) is 0 Å². The summed E-state index contributed by atoms with van der Waals surface area (Å²) < 4.78 is 29.7. The highest BCUT2D eigenvalue weighted by molar-refractivity contribution is 7.89. The van der Waals surface area contributed by atoms with Gasteiger partial charge in [0.2, 0.25) is 10.0 Å². The number of hydrogen-bond acceptors (Lipinski definition) is 5. The van der Waals surface area contributed by atoms with Gasteiger partial charge in [-0.25, -0.2) is 13.4 Å². The Labute approximate surface area is 187 Å². The maximum Gasteiger partial charge on any atom is 0.253 e. The van der Waals surface area contributed by atoms with Crippen molar-refractivity contribution >= 4 is 21.6 Å². The van der Waals surface area contributed by atoms with Crippen molar-refractivity contribution in [2.75, 3.05) is 26.2 Å². The van der Waals surface area contributed by atoms with Crippen LogP contribution in [0.2, 0.25) is 0 Å². The first-order chi connectivity index (χ1) is 15.5. The Hall–Kier alpha value is -2.75. The van der Waals surface area contributed by atoms with E-state index in [0.29, 0.717) is 30.1 Å². The molecule has 2 fully saturated rings. The predicted octanol–water partition coefficient (Wildman–Crippen LogP) is 2.03. The van der Waals surface area contributed by atoms with Crippen molar-refractivity contribution in [3.63, 3.8) is 0 Å². The molecule has 2 saturated heterocycles. The Morgan fingerprint density at radius 2 is 1.88 bits per heavy atom. The maximum absolute atomic E-state index is 13.1. The molecule has 0 atom stereocenters. The first-order valence-electron chi connectivity index (χ1n) is 11.0. The fourth-order valence-electron chi connectivity index (χ4n) is 4.73. The summed E-state index contributed by atoms with van der Waals surface area (Å²) in [5.74, 6) is -0.193. The predicted molar refractivity (Wildman–Crippen MR) is 121 cm³/mol. The summed E-state index contributed by atoms with van der Waals surface area (Å²) >= 11 is 0. The van der Waals surface area contributed by atoms with Crippen LogP contribution in [0.1, 0.15) is 35.2 Å².